The molecule has 0 aliphatic carbocycles. The Hall–Kier alpha value is -3.41. The van der Waals surface area contributed by atoms with Crippen molar-refractivity contribution in [2.75, 3.05) is 17.2 Å². The van der Waals surface area contributed by atoms with E-state index in [4.69, 9.17) is 4.74 Å². The number of aryl methyl sites for hydroxylation is 3. The number of hydrogen-bond donors (Lipinski definition) is 2. The second kappa shape index (κ2) is 9.19. The van der Waals surface area contributed by atoms with Gasteiger partial charge in [0.15, 0.2) is 6.61 Å². The Labute approximate surface area is 171 Å². The molecule has 6 heteroatoms. The predicted octanol–water partition coefficient (Wildman–Crippen LogP) is 4.73. The molecular weight excluding hydrogens is 364 g/mol. The lowest BCUT2D eigenvalue weighted by Gasteiger charge is -2.14. The van der Waals surface area contributed by atoms with Crippen LogP contribution in [0.2, 0.25) is 0 Å². The molecule has 150 valence electrons. The van der Waals surface area contributed by atoms with Gasteiger partial charge in [0.25, 0.3) is 5.91 Å². The molecule has 2 N–H and O–H groups in total. The molecule has 0 aliphatic heterocycles. The summed E-state index contributed by atoms with van der Waals surface area (Å²) in [6, 6.07) is 13.6. The highest BCUT2D eigenvalue weighted by molar-refractivity contribution is 5.93. The van der Waals surface area contributed by atoms with Crippen molar-refractivity contribution in [3.8, 4) is 5.75 Å². The number of aromatic nitrogens is 2. The molecule has 0 aliphatic rings. The lowest BCUT2D eigenvalue weighted by atomic mass is 10.1. The van der Waals surface area contributed by atoms with Crippen molar-refractivity contribution >= 4 is 23.1 Å². The second-order valence-corrected chi connectivity index (χ2v) is 6.93. The van der Waals surface area contributed by atoms with Gasteiger partial charge < -0.3 is 15.4 Å². The third-order valence-electron chi connectivity index (χ3n) is 4.75. The summed E-state index contributed by atoms with van der Waals surface area (Å²) in [5, 5.41) is 6.21. The van der Waals surface area contributed by atoms with E-state index in [0.29, 0.717) is 5.82 Å². The molecule has 0 saturated heterocycles. The molecule has 29 heavy (non-hydrogen) atoms. The Kier molecular flexibility index (Phi) is 6.44. The standard InChI is InChI=1S/C23H26N4O2/c1-5-18-9-10-19(26-22-11-16(3)24-14-25-22)12-20(18)27-23(28)13-29-21-8-6-7-15(2)17(21)4/h6-12,14H,5,13H2,1-4H3,(H,27,28)(H,24,25,26). The summed E-state index contributed by atoms with van der Waals surface area (Å²) in [6.45, 7) is 7.93. The van der Waals surface area contributed by atoms with Crippen LogP contribution in [0, 0.1) is 20.8 Å². The number of benzene rings is 2. The number of nitrogens with one attached hydrogen (secondary N) is 2. The minimum atomic E-state index is -0.198. The molecule has 0 fully saturated rings. The molecule has 0 atom stereocenters. The van der Waals surface area contributed by atoms with Crippen molar-refractivity contribution in [3.05, 3.63) is 71.2 Å². The van der Waals surface area contributed by atoms with Crippen LogP contribution >= 0.6 is 0 Å². The average molecular weight is 390 g/mol. The molecule has 0 bridgehead atoms. The highest BCUT2D eigenvalue weighted by atomic mass is 16.5. The fourth-order valence-electron chi connectivity index (χ4n) is 2.96. The van der Waals surface area contributed by atoms with Crippen LogP contribution in [0.25, 0.3) is 0 Å². The van der Waals surface area contributed by atoms with Crippen LogP contribution in [0.15, 0.2) is 48.8 Å². The van der Waals surface area contributed by atoms with Gasteiger partial charge >= 0.3 is 0 Å². The molecule has 3 aromatic rings. The summed E-state index contributed by atoms with van der Waals surface area (Å²) in [5.41, 5.74) is 5.71. The van der Waals surface area contributed by atoms with Crippen LogP contribution in [-0.4, -0.2) is 22.5 Å². The summed E-state index contributed by atoms with van der Waals surface area (Å²) in [4.78, 5) is 20.8. The van der Waals surface area contributed by atoms with Gasteiger partial charge in [0.1, 0.15) is 17.9 Å². The van der Waals surface area contributed by atoms with Gasteiger partial charge in [-0.2, -0.15) is 0 Å². The molecule has 1 heterocycles. The zero-order chi connectivity index (χ0) is 20.8. The average Bonchev–Trinajstić information content (AvgIpc) is 2.69. The number of amides is 1. The van der Waals surface area contributed by atoms with Crippen molar-refractivity contribution in [1.82, 2.24) is 9.97 Å². The first-order valence-corrected chi connectivity index (χ1v) is 9.63. The Bertz CT molecular complexity index is 1020. The fourth-order valence-corrected chi connectivity index (χ4v) is 2.96. The summed E-state index contributed by atoms with van der Waals surface area (Å²) in [6.07, 6.45) is 2.33. The number of carbonyl (C=O) groups excluding carboxylic acids is 1. The van der Waals surface area contributed by atoms with E-state index in [0.717, 1.165) is 45.9 Å². The largest absolute Gasteiger partial charge is 0.483 e. The van der Waals surface area contributed by atoms with Crippen molar-refractivity contribution in [3.63, 3.8) is 0 Å². The van der Waals surface area contributed by atoms with Gasteiger partial charge in [-0.3, -0.25) is 4.79 Å². The fraction of sp³-hybridized carbons (Fsp3) is 0.261. The Morgan fingerprint density at radius 2 is 1.90 bits per heavy atom. The smallest absolute Gasteiger partial charge is 0.262 e. The highest BCUT2D eigenvalue weighted by Gasteiger charge is 2.10. The molecule has 3 rings (SSSR count). The minimum absolute atomic E-state index is 0.0454. The van der Waals surface area contributed by atoms with E-state index in [-0.39, 0.29) is 12.5 Å². The van der Waals surface area contributed by atoms with Crippen molar-refractivity contribution < 1.29 is 9.53 Å². The van der Waals surface area contributed by atoms with Crippen LogP contribution in [-0.2, 0) is 11.2 Å². The SMILES string of the molecule is CCc1ccc(Nc2cc(C)ncn2)cc1NC(=O)COc1cccc(C)c1C. The van der Waals surface area contributed by atoms with Crippen LogP contribution in [0.3, 0.4) is 0 Å². The van der Waals surface area contributed by atoms with Crippen LogP contribution in [0.5, 0.6) is 5.75 Å². The first-order chi connectivity index (χ1) is 14.0. The van der Waals surface area contributed by atoms with Gasteiger partial charge in [-0.25, -0.2) is 9.97 Å². The zero-order valence-electron chi connectivity index (χ0n) is 17.2. The number of nitrogens with zero attached hydrogens (tertiary/aromatic N) is 2. The molecule has 0 radical (unpaired) electrons. The minimum Gasteiger partial charge on any atom is -0.483 e. The maximum absolute atomic E-state index is 12.5. The van der Waals surface area contributed by atoms with Crippen molar-refractivity contribution in [1.29, 1.82) is 0 Å². The van der Waals surface area contributed by atoms with Crippen LogP contribution in [0.1, 0.15) is 29.3 Å². The van der Waals surface area contributed by atoms with Gasteiger partial charge in [0.2, 0.25) is 0 Å². The van der Waals surface area contributed by atoms with Crippen LogP contribution in [0.4, 0.5) is 17.2 Å². The number of rotatable bonds is 7. The van der Waals surface area contributed by atoms with Gasteiger partial charge in [0.05, 0.1) is 0 Å². The molecule has 0 saturated carbocycles. The number of carbonyl (C=O) groups is 1. The topological polar surface area (TPSA) is 76.1 Å². The van der Waals surface area contributed by atoms with Gasteiger partial charge in [0, 0.05) is 23.1 Å². The Balaban J connectivity index is 1.70. The lowest BCUT2D eigenvalue weighted by Crippen LogP contribution is -2.21. The summed E-state index contributed by atoms with van der Waals surface area (Å²) < 4.78 is 5.72. The summed E-state index contributed by atoms with van der Waals surface area (Å²) in [5.74, 6) is 1.23. The first kappa shape index (κ1) is 20.3. The normalized spacial score (nSPS) is 10.5. The van der Waals surface area contributed by atoms with Gasteiger partial charge in [-0.15, -0.1) is 0 Å². The molecule has 1 amide bonds. The third-order valence-corrected chi connectivity index (χ3v) is 4.75. The molecule has 0 spiro atoms. The molecule has 1 aromatic heterocycles. The van der Waals surface area contributed by atoms with E-state index in [1.54, 1.807) is 0 Å². The van der Waals surface area contributed by atoms with E-state index in [2.05, 4.69) is 27.5 Å². The quantitative estimate of drug-likeness (QED) is 0.610. The Morgan fingerprint density at radius 3 is 2.66 bits per heavy atom. The molecule has 0 unspecified atom stereocenters. The summed E-state index contributed by atoms with van der Waals surface area (Å²) in [7, 11) is 0. The number of ether oxygens (including phenoxy) is 1. The maximum Gasteiger partial charge on any atom is 0.262 e. The number of anilines is 3. The van der Waals surface area contributed by atoms with E-state index in [1.165, 1.54) is 6.33 Å². The van der Waals surface area contributed by atoms with E-state index in [1.807, 2.05) is 63.2 Å². The monoisotopic (exact) mass is 390 g/mol. The molecular formula is C23H26N4O2. The van der Waals surface area contributed by atoms with E-state index >= 15 is 0 Å². The Morgan fingerprint density at radius 1 is 1.07 bits per heavy atom. The predicted molar refractivity (Wildman–Crippen MR) is 116 cm³/mol. The summed E-state index contributed by atoms with van der Waals surface area (Å²) >= 11 is 0. The number of hydrogen-bond acceptors (Lipinski definition) is 5. The second-order valence-electron chi connectivity index (χ2n) is 6.93. The van der Waals surface area contributed by atoms with Crippen molar-refractivity contribution in [2.24, 2.45) is 0 Å². The lowest BCUT2D eigenvalue weighted by molar-refractivity contribution is -0.118. The first-order valence-electron chi connectivity index (χ1n) is 9.63. The van der Waals surface area contributed by atoms with Crippen LogP contribution < -0.4 is 15.4 Å². The highest BCUT2D eigenvalue weighted by Crippen LogP contribution is 2.24. The van der Waals surface area contributed by atoms with Gasteiger partial charge in [-0.1, -0.05) is 25.1 Å². The molecule has 2 aromatic carbocycles. The van der Waals surface area contributed by atoms with E-state index < -0.39 is 0 Å². The zero-order valence-corrected chi connectivity index (χ0v) is 17.2. The maximum atomic E-state index is 12.5. The molecule has 6 nitrogen and oxygen atoms in total. The van der Waals surface area contributed by atoms with Crippen molar-refractivity contribution in [2.45, 2.75) is 34.1 Å². The third kappa shape index (κ3) is 5.31. The van der Waals surface area contributed by atoms with Gasteiger partial charge in [-0.05, 0) is 62.1 Å². The van der Waals surface area contributed by atoms with E-state index in [9.17, 15) is 4.79 Å².